The summed E-state index contributed by atoms with van der Waals surface area (Å²) in [6.45, 7) is 1.17. The second-order valence-electron chi connectivity index (χ2n) is 3.57. The van der Waals surface area contributed by atoms with E-state index in [0.29, 0.717) is 22.1 Å². The lowest BCUT2D eigenvalue weighted by Crippen LogP contribution is -2.07. The van der Waals surface area contributed by atoms with Gasteiger partial charge in [0.25, 0.3) is 0 Å². The van der Waals surface area contributed by atoms with Crippen molar-refractivity contribution < 1.29 is 9.47 Å². The van der Waals surface area contributed by atoms with Crippen LogP contribution in [-0.4, -0.2) is 23.7 Å². The van der Waals surface area contributed by atoms with Crippen molar-refractivity contribution in [3.8, 4) is 0 Å². The van der Waals surface area contributed by atoms with Gasteiger partial charge in [-0.25, -0.2) is 9.97 Å². The van der Waals surface area contributed by atoms with E-state index in [9.17, 15) is 0 Å². The topological polar surface area (TPSA) is 44.2 Å². The third-order valence-corrected chi connectivity index (χ3v) is 3.73. The van der Waals surface area contributed by atoms with Crippen molar-refractivity contribution in [2.75, 3.05) is 13.7 Å². The molecule has 1 fully saturated rings. The third kappa shape index (κ3) is 2.53. The number of methoxy groups -OCH3 is 1. The van der Waals surface area contributed by atoms with Gasteiger partial charge in [-0.05, 0) is 28.8 Å². The Hall–Kier alpha value is -0.230. The van der Waals surface area contributed by atoms with Crippen LogP contribution in [0.25, 0.3) is 0 Å². The lowest BCUT2D eigenvalue weighted by atomic mass is 10.2. The first kappa shape index (κ1) is 12.2. The molecule has 0 amide bonds. The summed E-state index contributed by atoms with van der Waals surface area (Å²) >= 11 is 9.37. The Morgan fingerprint density at radius 2 is 2.38 bits per heavy atom. The molecule has 4 nitrogen and oxygen atoms in total. The summed E-state index contributed by atoms with van der Waals surface area (Å²) < 4.78 is 11.3. The van der Waals surface area contributed by atoms with Gasteiger partial charge in [-0.1, -0.05) is 11.6 Å². The largest absolute Gasteiger partial charge is 0.378 e. The maximum Gasteiger partial charge on any atom is 0.159 e. The molecule has 1 saturated heterocycles. The molecule has 16 heavy (non-hydrogen) atoms. The van der Waals surface area contributed by atoms with Crippen LogP contribution in [0.15, 0.2) is 4.47 Å². The highest BCUT2D eigenvalue weighted by atomic mass is 79.9. The molecule has 0 N–H and O–H groups in total. The number of nitrogens with zero attached hydrogens (tertiary/aromatic N) is 2. The zero-order valence-electron chi connectivity index (χ0n) is 8.87. The molecule has 0 aromatic carbocycles. The quantitative estimate of drug-likeness (QED) is 0.806. The van der Waals surface area contributed by atoms with Crippen LogP contribution < -0.4 is 0 Å². The molecule has 0 radical (unpaired) electrons. The molecular formula is C10H12BrClN2O2. The Morgan fingerprint density at radius 1 is 1.56 bits per heavy atom. The summed E-state index contributed by atoms with van der Waals surface area (Å²) in [5.74, 6) is 0.651. The van der Waals surface area contributed by atoms with Gasteiger partial charge in [0, 0.05) is 13.7 Å². The molecule has 1 aliphatic rings. The third-order valence-electron chi connectivity index (χ3n) is 2.40. The fourth-order valence-electron chi connectivity index (χ4n) is 1.64. The lowest BCUT2D eigenvalue weighted by molar-refractivity contribution is 0.104. The molecular weight excluding hydrogens is 295 g/mol. The Balaban J connectivity index is 2.31. The molecule has 0 bridgehead atoms. The molecule has 0 spiro atoms. The minimum atomic E-state index is -0.0267. The fourth-order valence-corrected chi connectivity index (χ4v) is 2.13. The van der Waals surface area contributed by atoms with Crippen molar-refractivity contribution in [3.63, 3.8) is 0 Å². The van der Waals surface area contributed by atoms with Gasteiger partial charge in [-0.3, -0.25) is 0 Å². The van der Waals surface area contributed by atoms with Crippen molar-refractivity contribution in [1.82, 2.24) is 9.97 Å². The van der Waals surface area contributed by atoms with E-state index < -0.39 is 0 Å². The number of ether oxygens (including phenoxy) is 2. The van der Waals surface area contributed by atoms with Crippen LogP contribution >= 0.6 is 27.5 Å². The lowest BCUT2D eigenvalue weighted by Gasteiger charge is -2.11. The average molecular weight is 308 g/mol. The van der Waals surface area contributed by atoms with Crippen molar-refractivity contribution >= 4 is 27.5 Å². The molecule has 1 aromatic rings. The van der Waals surface area contributed by atoms with Crippen LogP contribution in [0.1, 0.15) is 30.5 Å². The van der Waals surface area contributed by atoms with E-state index in [1.807, 2.05) is 0 Å². The van der Waals surface area contributed by atoms with E-state index in [-0.39, 0.29) is 6.10 Å². The molecule has 1 unspecified atom stereocenters. The van der Waals surface area contributed by atoms with Gasteiger partial charge in [-0.2, -0.15) is 0 Å². The minimum Gasteiger partial charge on any atom is -0.378 e. The van der Waals surface area contributed by atoms with Crippen molar-refractivity contribution in [2.45, 2.75) is 25.6 Å². The first-order valence-corrected chi connectivity index (χ1v) is 6.22. The van der Waals surface area contributed by atoms with E-state index in [2.05, 4.69) is 25.9 Å². The van der Waals surface area contributed by atoms with Gasteiger partial charge in [0.15, 0.2) is 5.82 Å². The van der Waals surface area contributed by atoms with E-state index in [1.54, 1.807) is 7.11 Å². The molecule has 1 aromatic heterocycles. The zero-order valence-corrected chi connectivity index (χ0v) is 11.2. The number of hydrogen-bond acceptors (Lipinski definition) is 4. The summed E-state index contributed by atoms with van der Waals surface area (Å²) in [5.41, 5.74) is 0.757. The maximum atomic E-state index is 6.02. The van der Waals surface area contributed by atoms with Gasteiger partial charge >= 0.3 is 0 Å². The van der Waals surface area contributed by atoms with Crippen LogP contribution in [0.5, 0.6) is 0 Å². The van der Waals surface area contributed by atoms with E-state index in [4.69, 9.17) is 21.1 Å². The standard InChI is InChI=1S/C10H12BrClN2O2/c1-15-5-6-8(11)9(12)14-10(13-6)7-3-2-4-16-7/h7H,2-5H2,1H3. The molecule has 1 atom stereocenters. The van der Waals surface area contributed by atoms with Crippen LogP contribution in [0.4, 0.5) is 0 Å². The summed E-state index contributed by atoms with van der Waals surface area (Å²) in [7, 11) is 1.62. The smallest absolute Gasteiger partial charge is 0.159 e. The van der Waals surface area contributed by atoms with E-state index >= 15 is 0 Å². The van der Waals surface area contributed by atoms with Gasteiger partial charge in [0.1, 0.15) is 11.3 Å². The van der Waals surface area contributed by atoms with Crippen LogP contribution in [0.2, 0.25) is 5.15 Å². The van der Waals surface area contributed by atoms with E-state index in [0.717, 1.165) is 25.1 Å². The minimum absolute atomic E-state index is 0.0267. The summed E-state index contributed by atoms with van der Waals surface area (Å²) in [5, 5.41) is 0.410. The Kier molecular flexibility index (Phi) is 4.13. The number of aromatic nitrogens is 2. The van der Waals surface area contributed by atoms with Crippen LogP contribution in [0, 0.1) is 0 Å². The Bertz CT molecular complexity index is 383. The van der Waals surface area contributed by atoms with Crippen LogP contribution in [-0.2, 0) is 16.1 Å². The van der Waals surface area contributed by atoms with Crippen LogP contribution in [0.3, 0.4) is 0 Å². The summed E-state index contributed by atoms with van der Waals surface area (Å²) in [6.07, 6.45) is 1.97. The normalized spacial score (nSPS) is 20.3. The van der Waals surface area contributed by atoms with Gasteiger partial charge in [0.05, 0.1) is 16.8 Å². The molecule has 2 rings (SSSR count). The maximum absolute atomic E-state index is 6.02. The average Bonchev–Trinajstić information content (AvgIpc) is 2.78. The Morgan fingerprint density at radius 3 is 3.00 bits per heavy atom. The first-order chi connectivity index (χ1) is 7.72. The zero-order chi connectivity index (χ0) is 11.5. The van der Waals surface area contributed by atoms with Gasteiger partial charge in [-0.15, -0.1) is 0 Å². The highest BCUT2D eigenvalue weighted by Gasteiger charge is 2.22. The SMILES string of the molecule is COCc1nc(C2CCCO2)nc(Cl)c1Br. The molecule has 1 aliphatic heterocycles. The number of halogens is 2. The molecule has 6 heteroatoms. The van der Waals surface area contributed by atoms with E-state index in [1.165, 1.54) is 0 Å². The molecule has 0 saturated carbocycles. The van der Waals surface area contributed by atoms with Crippen molar-refractivity contribution in [2.24, 2.45) is 0 Å². The predicted molar refractivity (Wildman–Crippen MR) is 63.4 cm³/mol. The second-order valence-corrected chi connectivity index (χ2v) is 4.72. The predicted octanol–water partition coefficient (Wildman–Crippen LogP) is 2.89. The Labute approximate surface area is 107 Å². The van der Waals surface area contributed by atoms with Gasteiger partial charge < -0.3 is 9.47 Å². The molecule has 0 aliphatic carbocycles. The monoisotopic (exact) mass is 306 g/mol. The highest BCUT2D eigenvalue weighted by Crippen LogP contribution is 2.30. The molecule has 2 heterocycles. The van der Waals surface area contributed by atoms with Gasteiger partial charge in [0.2, 0.25) is 0 Å². The highest BCUT2D eigenvalue weighted by molar-refractivity contribution is 9.10. The number of rotatable bonds is 3. The fraction of sp³-hybridized carbons (Fsp3) is 0.600. The number of hydrogen-bond donors (Lipinski definition) is 0. The summed E-state index contributed by atoms with van der Waals surface area (Å²) in [6, 6.07) is 0. The second kappa shape index (κ2) is 5.40. The van der Waals surface area contributed by atoms with Crippen molar-refractivity contribution in [3.05, 3.63) is 21.1 Å². The first-order valence-electron chi connectivity index (χ1n) is 5.04. The summed E-state index contributed by atoms with van der Waals surface area (Å²) in [4.78, 5) is 8.64. The molecule has 88 valence electrons. The van der Waals surface area contributed by atoms with Crippen molar-refractivity contribution in [1.29, 1.82) is 0 Å².